The highest BCUT2D eigenvalue weighted by atomic mass is 35.5. The maximum Gasteiger partial charge on any atom is 0.206 e. The van der Waals surface area contributed by atoms with E-state index in [9.17, 15) is 4.79 Å². The molecule has 1 aromatic carbocycles. The minimum atomic E-state index is -0.0405. The maximum atomic E-state index is 12.4. The smallest absolute Gasteiger partial charge is 0.206 e. The molecule has 0 saturated carbocycles. The van der Waals surface area contributed by atoms with Gasteiger partial charge in [0.25, 0.3) is 0 Å². The average Bonchev–Trinajstić information content (AvgIpc) is 2.74. The largest absolute Gasteiger partial charge is 0.496 e. The number of rotatable bonds is 3. The van der Waals surface area contributed by atoms with Crippen LogP contribution in [-0.4, -0.2) is 12.9 Å². The number of carbonyl (C=O) groups is 1. The van der Waals surface area contributed by atoms with E-state index in [0.29, 0.717) is 20.5 Å². The number of ketones is 1. The van der Waals surface area contributed by atoms with E-state index in [-0.39, 0.29) is 5.78 Å². The zero-order valence-electron chi connectivity index (χ0n) is 10.4. The van der Waals surface area contributed by atoms with Crippen LogP contribution in [0.4, 0.5) is 0 Å². The van der Waals surface area contributed by atoms with E-state index in [0.717, 1.165) is 11.1 Å². The first-order chi connectivity index (χ1) is 8.52. The molecule has 0 atom stereocenters. The lowest BCUT2D eigenvalue weighted by atomic mass is 10.00. The second kappa shape index (κ2) is 5.12. The number of hydrogen-bond donors (Lipinski definition) is 0. The predicted molar refractivity (Wildman–Crippen MR) is 75.2 cm³/mol. The molecule has 0 bridgehead atoms. The molecule has 0 aliphatic rings. The normalized spacial score (nSPS) is 10.4. The van der Waals surface area contributed by atoms with Crippen LogP contribution < -0.4 is 4.74 Å². The molecular weight excluding hydrogens is 268 g/mol. The van der Waals surface area contributed by atoms with Gasteiger partial charge in [-0.05, 0) is 43.2 Å². The number of thiophene rings is 1. The second-order valence-corrected chi connectivity index (χ2v) is 5.81. The van der Waals surface area contributed by atoms with Crippen LogP contribution in [0.15, 0.2) is 24.3 Å². The predicted octanol–water partition coefficient (Wildman–Crippen LogP) is 4.26. The van der Waals surface area contributed by atoms with E-state index in [1.165, 1.54) is 11.3 Å². The molecule has 0 amide bonds. The third-order valence-corrected chi connectivity index (χ3v) is 3.92. The molecule has 1 aromatic heterocycles. The molecule has 0 aliphatic heterocycles. The number of methoxy groups -OCH3 is 1. The minimum absolute atomic E-state index is 0.0405. The Morgan fingerprint density at radius 1 is 1.28 bits per heavy atom. The first-order valence-electron chi connectivity index (χ1n) is 5.48. The van der Waals surface area contributed by atoms with Gasteiger partial charge < -0.3 is 4.74 Å². The van der Waals surface area contributed by atoms with Gasteiger partial charge in [-0.15, -0.1) is 11.3 Å². The first-order valence-corrected chi connectivity index (χ1v) is 6.67. The summed E-state index contributed by atoms with van der Waals surface area (Å²) in [5.41, 5.74) is 2.60. The Labute approximate surface area is 115 Å². The van der Waals surface area contributed by atoms with Crippen molar-refractivity contribution in [1.82, 2.24) is 0 Å². The molecule has 4 heteroatoms. The summed E-state index contributed by atoms with van der Waals surface area (Å²) >= 11 is 7.15. The van der Waals surface area contributed by atoms with Gasteiger partial charge in [-0.1, -0.05) is 17.7 Å². The number of benzene rings is 1. The van der Waals surface area contributed by atoms with Gasteiger partial charge in [0.1, 0.15) is 5.75 Å². The third-order valence-electron chi connectivity index (χ3n) is 2.69. The van der Waals surface area contributed by atoms with Crippen molar-refractivity contribution in [3.63, 3.8) is 0 Å². The van der Waals surface area contributed by atoms with Gasteiger partial charge >= 0.3 is 0 Å². The SMILES string of the molecule is COc1cc(C)cc(C)c1C(=O)c1ccc(Cl)s1. The topological polar surface area (TPSA) is 26.3 Å². The van der Waals surface area contributed by atoms with E-state index in [1.54, 1.807) is 19.2 Å². The fraction of sp³-hybridized carbons (Fsp3) is 0.214. The molecule has 2 aromatic rings. The summed E-state index contributed by atoms with van der Waals surface area (Å²) in [7, 11) is 1.58. The Morgan fingerprint density at radius 2 is 2.00 bits per heavy atom. The van der Waals surface area contributed by atoms with Crippen LogP contribution in [0.2, 0.25) is 4.34 Å². The van der Waals surface area contributed by atoms with Crippen LogP contribution in [0.25, 0.3) is 0 Å². The van der Waals surface area contributed by atoms with E-state index >= 15 is 0 Å². The summed E-state index contributed by atoms with van der Waals surface area (Å²) in [6.07, 6.45) is 0. The van der Waals surface area contributed by atoms with Crippen LogP contribution >= 0.6 is 22.9 Å². The molecular formula is C14H13ClO2S. The molecule has 0 N–H and O–H groups in total. The Hall–Kier alpha value is -1.32. The summed E-state index contributed by atoms with van der Waals surface area (Å²) in [4.78, 5) is 13.1. The lowest BCUT2D eigenvalue weighted by Gasteiger charge is -2.11. The number of hydrogen-bond acceptors (Lipinski definition) is 3. The van der Waals surface area contributed by atoms with E-state index < -0.39 is 0 Å². The number of halogens is 1. The summed E-state index contributed by atoms with van der Waals surface area (Å²) in [5.74, 6) is 0.572. The number of ether oxygens (including phenoxy) is 1. The van der Waals surface area contributed by atoms with Crippen LogP contribution in [-0.2, 0) is 0 Å². The van der Waals surface area contributed by atoms with E-state index in [4.69, 9.17) is 16.3 Å². The van der Waals surface area contributed by atoms with Crippen molar-refractivity contribution in [1.29, 1.82) is 0 Å². The number of aryl methyl sites for hydroxylation is 2. The van der Waals surface area contributed by atoms with Gasteiger partial charge in [0, 0.05) is 0 Å². The molecule has 94 valence electrons. The van der Waals surface area contributed by atoms with Crippen LogP contribution in [0.5, 0.6) is 5.75 Å². The Kier molecular flexibility index (Phi) is 3.73. The molecule has 0 spiro atoms. The maximum absolute atomic E-state index is 12.4. The molecule has 2 rings (SSSR count). The van der Waals surface area contributed by atoms with Crippen LogP contribution in [0.1, 0.15) is 26.4 Å². The van der Waals surface area contributed by atoms with Crippen molar-refractivity contribution < 1.29 is 9.53 Å². The Bertz CT molecular complexity index is 602. The lowest BCUT2D eigenvalue weighted by Crippen LogP contribution is -2.05. The summed E-state index contributed by atoms with van der Waals surface area (Å²) < 4.78 is 5.92. The third kappa shape index (κ3) is 2.42. The minimum Gasteiger partial charge on any atom is -0.496 e. The van der Waals surface area contributed by atoms with Gasteiger partial charge in [0.05, 0.1) is 21.9 Å². The van der Waals surface area contributed by atoms with Crippen molar-refractivity contribution in [3.05, 3.63) is 50.2 Å². The average molecular weight is 281 g/mol. The molecule has 0 radical (unpaired) electrons. The Morgan fingerprint density at radius 3 is 2.56 bits per heavy atom. The fourth-order valence-electron chi connectivity index (χ4n) is 1.94. The standard InChI is InChI=1S/C14H13ClO2S/c1-8-6-9(2)13(10(7-8)17-3)14(16)11-4-5-12(15)18-11/h4-7H,1-3H3. The zero-order chi connectivity index (χ0) is 13.3. The van der Waals surface area contributed by atoms with E-state index in [1.807, 2.05) is 26.0 Å². The quantitative estimate of drug-likeness (QED) is 0.786. The molecule has 2 nitrogen and oxygen atoms in total. The molecule has 18 heavy (non-hydrogen) atoms. The molecule has 1 heterocycles. The van der Waals surface area contributed by atoms with Crippen molar-refractivity contribution in [2.45, 2.75) is 13.8 Å². The van der Waals surface area contributed by atoms with Crippen LogP contribution in [0, 0.1) is 13.8 Å². The van der Waals surface area contributed by atoms with Gasteiger partial charge in [-0.25, -0.2) is 0 Å². The molecule has 0 unspecified atom stereocenters. The van der Waals surface area contributed by atoms with E-state index in [2.05, 4.69) is 0 Å². The highest BCUT2D eigenvalue weighted by Crippen LogP contribution is 2.30. The highest BCUT2D eigenvalue weighted by molar-refractivity contribution is 7.18. The van der Waals surface area contributed by atoms with Gasteiger partial charge in [-0.2, -0.15) is 0 Å². The first kappa shape index (κ1) is 13.1. The molecule has 0 saturated heterocycles. The monoisotopic (exact) mass is 280 g/mol. The number of carbonyl (C=O) groups excluding carboxylic acids is 1. The van der Waals surface area contributed by atoms with Crippen molar-refractivity contribution in [3.8, 4) is 5.75 Å². The van der Waals surface area contributed by atoms with Crippen molar-refractivity contribution >= 4 is 28.7 Å². The van der Waals surface area contributed by atoms with Crippen molar-refractivity contribution in [2.24, 2.45) is 0 Å². The fourth-order valence-corrected chi connectivity index (χ4v) is 2.93. The van der Waals surface area contributed by atoms with Gasteiger partial charge in [-0.3, -0.25) is 4.79 Å². The van der Waals surface area contributed by atoms with Gasteiger partial charge in [0.15, 0.2) is 0 Å². The summed E-state index contributed by atoms with van der Waals surface area (Å²) in [5, 5.41) is 0. The van der Waals surface area contributed by atoms with Crippen LogP contribution in [0.3, 0.4) is 0 Å². The van der Waals surface area contributed by atoms with Crippen molar-refractivity contribution in [2.75, 3.05) is 7.11 Å². The summed E-state index contributed by atoms with van der Waals surface area (Å²) in [6.45, 7) is 3.89. The highest BCUT2D eigenvalue weighted by Gasteiger charge is 2.19. The van der Waals surface area contributed by atoms with Gasteiger partial charge in [0.2, 0.25) is 5.78 Å². The molecule has 0 aliphatic carbocycles. The second-order valence-electron chi connectivity index (χ2n) is 4.09. The zero-order valence-corrected chi connectivity index (χ0v) is 12.0. The Balaban J connectivity index is 2.54. The molecule has 0 fully saturated rings. The lowest BCUT2D eigenvalue weighted by molar-refractivity contribution is 0.103. The summed E-state index contributed by atoms with van der Waals surface area (Å²) in [6, 6.07) is 7.32.